The van der Waals surface area contributed by atoms with Crippen molar-refractivity contribution in [1.29, 1.82) is 0 Å². The van der Waals surface area contributed by atoms with Gasteiger partial charge < -0.3 is 9.47 Å². The summed E-state index contributed by atoms with van der Waals surface area (Å²) < 4.78 is 91.4. The number of fused-ring (bicyclic) bond motifs is 1. The number of alkyl halides is 3. The molecule has 8 heteroatoms. The smallest absolute Gasteiger partial charge is 0.422 e. The third-order valence-electron chi connectivity index (χ3n) is 5.82. The molecular weight excluding hydrogens is 494 g/mol. The molecule has 0 spiro atoms. The van der Waals surface area contributed by atoms with Crippen LogP contribution in [0.3, 0.4) is 0 Å². The van der Waals surface area contributed by atoms with E-state index >= 15 is 4.39 Å². The van der Waals surface area contributed by atoms with Gasteiger partial charge in [0.2, 0.25) is 0 Å². The van der Waals surface area contributed by atoms with Crippen LogP contribution in [0.1, 0.15) is 24.5 Å². The number of rotatable bonds is 9. The number of ether oxygens (including phenoxy) is 2. The molecule has 37 heavy (non-hydrogen) atoms. The van der Waals surface area contributed by atoms with E-state index in [0.717, 1.165) is 17.7 Å². The van der Waals surface area contributed by atoms with Crippen molar-refractivity contribution in [2.24, 2.45) is 0 Å². The molecule has 0 aromatic heterocycles. The molecule has 0 bridgehead atoms. The Morgan fingerprint density at radius 1 is 0.730 bits per heavy atom. The van der Waals surface area contributed by atoms with E-state index in [1.807, 2.05) is 6.92 Å². The monoisotopic (exact) mass is 518 g/mol. The zero-order valence-electron chi connectivity index (χ0n) is 20.0. The molecule has 0 heterocycles. The van der Waals surface area contributed by atoms with Gasteiger partial charge in [-0.2, -0.15) is 13.2 Å². The number of hydrogen-bond donors (Lipinski definition) is 0. The SMILES string of the molecule is CCCOc1cc(F)c(-c2ccc3c(F)c(CCc4ccc(OCC(F)(F)F)cc4)ccc3c2)c(F)c1. The van der Waals surface area contributed by atoms with Gasteiger partial charge in [0.05, 0.1) is 12.2 Å². The third kappa shape index (κ3) is 6.56. The summed E-state index contributed by atoms with van der Waals surface area (Å²) in [5, 5.41) is 0.816. The van der Waals surface area contributed by atoms with Gasteiger partial charge >= 0.3 is 6.18 Å². The van der Waals surface area contributed by atoms with E-state index in [0.29, 0.717) is 42.2 Å². The van der Waals surface area contributed by atoms with Gasteiger partial charge in [-0.15, -0.1) is 0 Å². The van der Waals surface area contributed by atoms with Gasteiger partial charge in [-0.05, 0) is 59.5 Å². The van der Waals surface area contributed by atoms with Gasteiger partial charge in [-0.25, -0.2) is 13.2 Å². The molecule has 0 aliphatic heterocycles. The summed E-state index contributed by atoms with van der Waals surface area (Å²) in [5.41, 5.74) is 1.33. The summed E-state index contributed by atoms with van der Waals surface area (Å²) in [5.74, 6) is -1.75. The van der Waals surface area contributed by atoms with E-state index < -0.39 is 30.2 Å². The van der Waals surface area contributed by atoms with Crippen LogP contribution in [0.15, 0.2) is 66.7 Å². The maximum atomic E-state index is 15.2. The maximum absolute atomic E-state index is 15.2. The van der Waals surface area contributed by atoms with E-state index in [4.69, 9.17) is 9.47 Å². The first-order valence-electron chi connectivity index (χ1n) is 11.8. The minimum atomic E-state index is -4.41. The van der Waals surface area contributed by atoms with Crippen LogP contribution in [0, 0.1) is 17.5 Å². The van der Waals surface area contributed by atoms with Gasteiger partial charge in [0.15, 0.2) is 6.61 Å². The molecule has 0 N–H and O–H groups in total. The molecule has 2 nitrogen and oxygen atoms in total. The molecule has 0 saturated carbocycles. The molecule has 194 valence electrons. The Morgan fingerprint density at radius 2 is 1.43 bits per heavy atom. The Hall–Kier alpha value is -3.68. The quantitative estimate of drug-likeness (QED) is 0.207. The van der Waals surface area contributed by atoms with Crippen LogP contribution in [-0.4, -0.2) is 19.4 Å². The summed E-state index contributed by atoms with van der Waals surface area (Å²) in [7, 11) is 0. The minimum absolute atomic E-state index is 0.102. The molecule has 0 unspecified atom stereocenters. The average molecular weight is 518 g/mol. The lowest BCUT2D eigenvalue weighted by Crippen LogP contribution is -2.19. The standard InChI is InChI=1S/C29H24F6O2/c1-2-13-36-23-15-25(30)27(26(31)16-23)21-9-12-24-20(14-21)8-7-19(28(24)32)6-3-18-4-10-22(11-5-18)37-17-29(33,34)35/h4-5,7-12,14-16H,2-3,6,13,17H2,1H3. The van der Waals surface area contributed by atoms with Gasteiger partial charge in [-0.3, -0.25) is 0 Å². The maximum Gasteiger partial charge on any atom is 0.422 e. The fraction of sp³-hybridized carbons (Fsp3) is 0.241. The second-order valence-corrected chi connectivity index (χ2v) is 8.63. The second kappa shape index (κ2) is 11.2. The van der Waals surface area contributed by atoms with E-state index in [1.54, 1.807) is 24.3 Å². The lowest BCUT2D eigenvalue weighted by molar-refractivity contribution is -0.153. The first kappa shape index (κ1) is 26.4. The summed E-state index contributed by atoms with van der Waals surface area (Å²) in [4.78, 5) is 0. The molecule has 0 aliphatic rings. The van der Waals surface area contributed by atoms with Crippen LogP contribution >= 0.6 is 0 Å². The zero-order chi connectivity index (χ0) is 26.6. The fourth-order valence-corrected chi connectivity index (χ4v) is 4.01. The van der Waals surface area contributed by atoms with Crippen molar-refractivity contribution < 1.29 is 35.8 Å². The highest BCUT2D eigenvalue weighted by molar-refractivity contribution is 5.88. The van der Waals surface area contributed by atoms with Crippen LogP contribution in [0.5, 0.6) is 11.5 Å². The Kier molecular flexibility index (Phi) is 7.95. The van der Waals surface area contributed by atoms with Gasteiger partial charge in [-0.1, -0.05) is 43.3 Å². The van der Waals surface area contributed by atoms with Crippen LogP contribution in [0.2, 0.25) is 0 Å². The van der Waals surface area contributed by atoms with E-state index in [9.17, 15) is 22.0 Å². The number of halogens is 6. The molecule has 0 atom stereocenters. The van der Waals surface area contributed by atoms with Crippen molar-refractivity contribution in [3.8, 4) is 22.6 Å². The average Bonchev–Trinajstić information content (AvgIpc) is 2.85. The predicted octanol–water partition coefficient (Wildman–Crippen LogP) is 8.44. The summed E-state index contributed by atoms with van der Waals surface area (Å²) in [6.45, 7) is 0.866. The van der Waals surface area contributed by atoms with Crippen molar-refractivity contribution in [1.82, 2.24) is 0 Å². The van der Waals surface area contributed by atoms with Crippen molar-refractivity contribution in [2.45, 2.75) is 32.4 Å². The topological polar surface area (TPSA) is 18.5 Å². The fourth-order valence-electron chi connectivity index (χ4n) is 4.01. The van der Waals surface area contributed by atoms with E-state index in [2.05, 4.69) is 0 Å². The van der Waals surface area contributed by atoms with E-state index in [1.165, 1.54) is 30.3 Å². The molecule has 0 amide bonds. The number of hydrogen-bond acceptors (Lipinski definition) is 2. The lowest BCUT2D eigenvalue weighted by Gasteiger charge is -2.12. The molecule has 4 aromatic carbocycles. The summed E-state index contributed by atoms with van der Waals surface area (Å²) in [6, 6.07) is 16.3. The van der Waals surface area contributed by atoms with Crippen LogP contribution < -0.4 is 9.47 Å². The largest absolute Gasteiger partial charge is 0.493 e. The van der Waals surface area contributed by atoms with Gasteiger partial charge in [0, 0.05) is 17.5 Å². The zero-order valence-corrected chi connectivity index (χ0v) is 20.0. The van der Waals surface area contributed by atoms with Crippen LogP contribution in [-0.2, 0) is 12.8 Å². The lowest BCUT2D eigenvalue weighted by atomic mass is 9.96. The summed E-state index contributed by atoms with van der Waals surface area (Å²) in [6.07, 6.45) is -2.89. The molecule has 0 fully saturated rings. The molecule has 4 rings (SSSR count). The molecule has 0 saturated heterocycles. The first-order chi connectivity index (χ1) is 17.6. The van der Waals surface area contributed by atoms with Crippen LogP contribution in [0.25, 0.3) is 21.9 Å². The van der Waals surface area contributed by atoms with Gasteiger partial charge in [0.25, 0.3) is 0 Å². The minimum Gasteiger partial charge on any atom is -0.493 e. The van der Waals surface area contributed by atoms with Crippen molar-refractivity contribution >= 4 is 10.8 Å². The Balaban J connectivity index is 1.49. The number of benzene rings is 4. The van der Waals surface area contributed by atoms with Gasteiger partial charge in [0.1, 0.15) is 29.0 Å². The van der Waals surface area contributed by atoms with Crippen molar-refractivity contribution in [2.75, 3.05) is 13.2 Å². The highest BCUT2D eigenvalue weighted by Crippen LogP contribution is 2.33. The van der Waals surface area contributed by atoms with Crippen LogP contribution in [0.4, 0.5) is 26.3 Å². The normalized spacial score (nSPS) is 11.6. The molecular formula is C29H24F6O2. The molecule has 0 radical (unpaired) electrons. The van der Waals surface area contributed by atoms with Crippen molar-refractivity contribution in [3.05, 3.63) is 95.3 Å². The number of aryl methyl sites for hydroxylation is 2. The molecule has 0 aliphatic carbocycles. The van der Waals surface area contributed by atoms with Crippen molar-refractivity contribution in [3.63, 3.8) is 0 Å². The third-order valence-corrected chi connectivity index (χ3v) is 5.82. The Morgan fingerprint density at radius 3 is 2.08 bits per heavy atom. The Labute approximate surface area is 210 Å². The first-order valence-corrected chi connectivity index (χ1v) is 11.8. The summed E-state index contributed by atoms with van der Waals surface area (Å²) >= 11 is 0. The predicted molar refractivity (Wildman–Crippen MR) is 130 cm³/mol. The Bertz CT molecular complexity index is 1360. The second-order valence-electron chi connectivity index (χ2n) is 8.63. The van der Waals surface area contributed by atoms with E-state index in [-0.39, 0.29) is 22.6 Å². The highest BCUT2D eigenvalue weighted by atomic mass is 19.4. The highest BCUT2D eigenvalue weighted by Gasteiger charge is 2.28. The molecule has 4 aromatic rings.